The maximum atomic E-state index is 11.7. The average Bonchev–Trinajstić information content (AvgIpc) is 2.89. The Balaban J connectivity index is 1.58. The predicted octanol–water partition coefficient (Wildman–Crippen LogP) is 2.99. The lowest BCUT2D eigenvalue weighted by atomic mass is 9.97. The summed E-state index contributed by atoms with van der Waals surface area (Å²) in [5, 5.41) is 0.706. The molecule has 1 aromatic heterocycles. The zero-order valence-corrected chi connectivity index (χ0v) is 13.4. The third kappa shape index (κ3) is 3.42. The molecule has 2 heterocycles. The largest absolute Gasteiger partial charge is 0.466 e. The van der Waals surface area contributed by atoms with Gasteiger partial charge in [0.15, 0.2) is 0 Å². The molecule has 0 radical (unpaired) electrons. The van der Waals surface area contributed by atoms with Crippen LogP contribution in [0, 0.1) is 5.92 Å². The van der Waals surface area contributed by atoms with Crippen LogP contribution in [0.2, 0.25) is 5.02 Å². The third-order valence-electron chi connectivity index (χ3n) is 4.07. The lowest BCUT2D eigenvalue weighted by Gasteiger charge is -2.30. The quantitative estimate of drug-likeness (QED) is 0.880. The highest BCUT2D eigenvalue weighted by atomic mass is 35.5. The van der Waals surface area contributed by atoms with E-state index in [-0.39, 0.29) is 11.9 Å². The maximum absolute atomic E-state index is 11.7. The van der Waals surface area contributed by atoms with Crippen LogP contribution >= 0.6 is 11.6 Å². The molecule has 1 fully saturated rings. The summed E-state index contributed by atoms with van der Waals surface area (Å²) < 4.78 is 5.10. The number of piperidine rings is 1. The molecule has 1 aliphatic heterocycles. The van der Waals surface area contributed by atoms with Crippen molar-refractivity contribution in [1.29, 1.82) is 0 Å². The number of imidazole rings is 1. The van der Waals surface area contributed by atoms with Crippen molar-refractivity contribution in [2.45, 2.75) is 26.3 Å². The van der Waals surface area contributed by atoms with E-state index in [2.05, 4.69) is 14.9 Å². The summed E-state index contributed by atoms with van der Waals surface area (Å²) in [6.07, 6.45) is 1.70. The highest BCUT2D eigenvalue weighted by Gasteiger charge is 2.26. The number of hydrogen-bond acceptors (Lipinski definition) is 4. The number of H-pyrrole nitrogens is 1. The van der Waals surface area contributed by atoms with E-state index < -0.39 is 0 Å². The van der Waals surface area contributed by atoms with Crippen molar-refractivity contribution in [2.75, 3.05) is 19.7 Å². The molecule has 3 rings (SSSR count). The lowest BCUT2D eigenvalue weighted by Crippen LogP contribution is -2.36. The lowest BCUT2D eigenvalue weighted by molar-refractivity contribution is -0.149. The van der Waals surface area contributed by atoms with Crippen LogP contribution in [0.1, 0.15) is 25.6 Å². The van der Waals surface area contributed by atoms with Gasteiger partial charge in [0.1, 0.15) is 5.82 Å². The van der Waals surface area contributed by atoms with E-state index >= 15 is 0 Å². The molecule has 0 amide bonds. The normalized spacial score (nSPS) is 17.0. The molecule has 22 heavy (non-hydrogen) atoms. The van der Waals surface area contributed by atoms with E-state index in [4.69, 9.17) is 16.3 Å². The fourth-order valence-corrected chi connectivity index (χ4v) is 3.08. The molecule has 0 atom stereocenters. The van der Waals surface area contributed by atoms with Gasteiger partial charge in [-0.05, 0) is 51.1 Å². The minimum Gasteiger partial charge on any atom is -0.466 e. The molecule has 0 spiro atoms. The van der Waals surface area contributed by atoms with Gasteiger partial charge in [0.05, 0.1) is 30.1 Å². The molecule has 1 saturated heterocycles. The summed E-state index contributed by atoms with van der Waals surface area (Å²) in [6, 6.07) is 5.66. The Labute approximate surface area is 134 Å². The second-order valence-electron chi connectivity index (χ2n) is 5.65. The summed E-state index contributed by atoms with van der Waals surface area (Å²) in [6.45, 7) is 4.85. The van der Waals surface area contributed by atoms with Gasteiger partial charge >= 0.3 is 5.97 Å². The molecule has 5 nitrogen and oxygen atoms in total. The van der Waals surface area contributed by atoms with Gasteiger partial charge in [-0.25, -0.2) is 4.98 Å². The third-order valence-corrected chi connectivity index (χ3v) is 4.31. The van der Waals surface area contributed by atoms with Crippen molar-refractivity contribution < 1.29 is 9.53 Å². The molecule has 0 aliphatic carbocycles. The van der Waals surface area contributed by atoms with Crippen LogP contribution in [0.15, 0.2) is 18.2 Å². The molecule has 2 aromatic rings. The Morgan fingerprint density at radius 3 is 2.95 bits per heavy atom. The number of carbonyl (C=O) groups excluding carboxylic acids is 1. The van der Waals surface area contributed by atoms with E-state index in [0.29, 0.717) is 11.6 Å². The fourth-order valence-electron chi connectivity index (χ4n) is 2.91. The smallest absolute Gasteiger partial charge is 0.309 e. The number of nitrogens with one attached hydrogen (secondary N) is 1. The Kier molecular flexibility index (Phi) is 4.64. The van der Waals surface area contributed by atoms with Crippen LogP contribution in [0.3, 0.4) is 0 Å². The van der Waals surface area contributed by atoms with E-state index in [1.807, 2.05) is 25.1 Å². The minimum absolute atomic E-state index is 0.0469. The number of hydrogen-bond donors (Lipinski definition) is 1. The number of nitrogens with zero attached hydrogens (tertiary/aromatic N) is 2. The number of aromatic nitrogens is 2. The Morgan fingerprint density at radius 1 is 1.45 bits per heavy atom. The second-order valence-corrected chi connectivity index (χ2v) is 6.08. The first-order valence-electron chi connectivity index (χ1n) is 7.69. The van der Waals surface area contributed by atoms with Crippen molar-refractivity contribution in [3.63, 3.8) is 0 Å². The van der Waals surface area contributed by atoms with Crippen LogP contribution in [0.4, 0.5) is 0 Å². The van der Waals surface area contributed by atoms with Gasteiger partial charge in [-0.3, -0.25) is 9.69 Å². The summed E-state index contributed by atoms with van der Waals surface area (Å²) in [5.74, 6) is 0.929. The number of ether oxygens (including phenoxy) is 1. The van der Waals surface area contributed by atoms with Gasteiger partial charge in [0.2, 0.25) is 0 Å². The summed E-state index contributed by atoms with van der Waals surface area (Å²) in [4.78, 5) is 21.9. The highest BCUT2D eigenvalue weighted by molar-refractivity contribution is 6.31. The molecule has 0 bridgehead atoms. The average molecular weight is 322 g/mol. The monoisotopic (exact) mass is 321 g/mol. The maximum Gasteiger partial charge on any atom is 0.309 e. The molecule has 1 aromatic carbocycles. The molecule has 1 aliphatic rings. The number of halogens is 1. The van der Waals surface area contributed by atoms with Crippen molar-refractivity contribution in [1.82, 2.24) is 14.9 Å². The standard InChI is InChI=1S/C16H20ClN3O2/c1-2-22-16(21)11-5-7-20(8-6-11)10-15-18-13-4-3-12(17)9-14(13)19-15/h3-4,9,11H,2,5-8,10H2,1H3,(H,18,19). The van der Waals surface area contributed by atoms with Crippen LogP contribution in [0.5, 0.6) is 0 Å². The Bertz CT molecular complexity index is 662. The van der Waals surface area contributed by atoms with E-state index in [0.717, 1.165) is 49.3 Å². The van der Waals surface area contributed by atoms with Crippen molar-refractivity contribution >= 4 is 28.6 Å². The van der Waals surface area contributed by atoms with Gasteiger partial charge in [0, 0.05) is 5.02 Å². The predicted molar refractivity (Wildman–Crippen MR) is 85.7 cm³/mol. The van der Waals surface area contributed by atoms with Crippen LogP contribution in [-0.4, -0.2) is 40.5 Å². The molecule has 118 valence electrons. The number of fused-ring (bicyclic) bond motifs is 1. The van der Waals surface area contributed by atoms with Crippen molar-refractivity contribution in [3.05, 3.63) is 29.0 Å². The summed E-state index contributed by atoms with van der Waals surface area (Å²) in [7, 11) is 0. The van der Waals surface area contributed by atoms with Crippen LogP contribution in [-0.2, 0) is 16.1 Å². The number of benzene rings is 1. The van der Waals surface area contributed by atoms with Crippen molar-refractivity contribution in [2.24, 2.45) is 5.92 Å². The molecule has 1 N–H and O–H groups in total. The number of rotatable bonds is 4. The SMILES string of the molecule is CCOC(=O)C1CCN(Cc2nc3ccc(Cl)cc3[nH]2)CC1. The summed E-state index contributed by atoms with van der Waals surface area (Å²) in [5.41, 5.74) is 1.89. The molecule has 0 unspecified atom stereocenters. The first-order chi connectivity index (χ1) is 10.7. The first-order valence-corrected chi connectivity index (χ1v) is 8.06. The van der Waals surface area contributed by atoms with Gasteiger partial charge in [-0.2, -0.15) is 0 Å². The zero-order valence-electron chi connectivity index (χ0n) is 12.6. The topological polar surface area (TPSA) is 58.2 Å². The fraction of sp³-hybridized carbons (Fsp3) is 0.500. The van der Waals surface area contributed by atoms with Crippen LogP contribution < -0.4 is 0 Å². The van der Waals surface area contributed by atoms with E-state index in [1.54, 1.807) is 0 Å². The van der Waals surface area contributed by atoms with Gasteiger partial charge in [0.25, 0.3) is 0 Å². The molecule has 0 saturated carbocycles. The zero-order chi connectivity index (χ0) is 15.5. The first kappa shape index (κ1) is 15.3. The Morgan fingerprint density at radius 2 is 2.23 bits per heavy atom. The van der Waals surface area contributed by atoms with E-state index in [1.165, 1.54) is 0 Å². The highest BCUT2D eigenvalue weighted by Crippen LogP contribution is 2.21. The number of aromatic amines is 1. The number of likely N-dealkylation sites (tertiary alicyclic amines) is 1. The van der Waals surface area contributed by atoms with Gasteiger partial charge < -0.3 is 9.72 Å². The molecule has 6 heteroatoms. The van der Waals surface area contributed by atoms with Gasteiger partial charge in [-0.1, -0.05) is 11.6 Å². The molecular formula is C16H20ClN3O2. The second kappa shape index (κ2) is 6.67. The summed E-state index contributed by atoms with van der Waals surface area (Å²) >= 11 is 5.99. The van der Waals surface area contributed by atoms with Crippen LogP contribution in [0.25, 0.3) is 11.0 Å². The molecular weight excluding hydrogens is 302 g/mol. The number of esters is 1. The minimum atomic E-state index is -0.0551. The van der Waals surface area contributed by atoms with Crippen molar-refractivity contribution in [3.8, 4) is 0 Å². The van der Waals surface area contributed by atoms with E-state index in [9.17, 15) is 4.79 Å². The van der Waals surface area contributed by atoms with Gasteiger partial charge in [-0.15, -0.1) is 0 Å². The Hall–Kier alpha value is -1.59. The number of carbonyl (C=O) groups is 1.